The zero-order chi connectivity index (χ0) is 21.8. The van der Waals surface area contributed by atoms with Crippen molar-refractivity contribution in [3.63, 3.8) is 0 Å². The maximum absolute atomic E-state index is 12.1. The number of nitrogens with zero attached hydrogens (tertiary/aromatic N) is 1. The van der Waals surface area contributed by atoms with Gasteiger partial charge < -0.3 is 25.4 Å². The van der Waals surface area contributed by atoms with Gasteiger partial charge in [-0.25, -0.2) is 0 Å². The molecule has 2 aromatic rings. The van der Waals surface area contributed by atoms with Crippen molar-refractivity contribution in [3.05, 3.63) is 53.6 Å². The van der Waals surface area contributed by atoms with E-state index in [0.29, 0.717) is 42.7 Å². The summed E-state index contributed by atoms with van der Waals surface area (Å²) in [6.45, 7) is 5.87. The predicted octanol–water partition coefficient (Wildman–Crippen LogP) is 3.81. The molecule has 0 atom stereocenters. The number of amides is 1. The van der Waals surface area contributed by atoms with E-state index in [1.807, 2.05) is 49.4 Å². The Bertz CT molecular complexity index is 835. The maximum Gasteiger partial charge on any atom is 0.251 e. The number of carbonyl (C=O) groups excluding carboxylic acids is 1. The van der Waals surface area contributed by atoms with Gasteiger partial charge in [0.15, 0.2) is 17.5 Å². The molecule has 7 heteroatoms. The number of carbonyl (C=O) groups is 1. The van der Waals surface area contributed by atoms with Crippen LogP contribution in [-0.2, 0) is 6.54 Å². The quantitative estimate of drug-likeness (QED) is 0.314. The highest BCUT2D eigenvalue weighted by atomic mass is 16.5. The Balaban J connectivity index is 1.93. The third-order valence-electron chi connectivity index (χ3n) is 4.44. The molecule has 0 unspecified atom stereocenters. The third kappa shape index (κ3) is 6.99. The van der Waals surface area contributed by atoms with Gasteiger partial charge >= 0.3 is 0 Å². The van der Waals surface area contributed by atoms with Crippen LogP contribution in [-0.4, -0.2) is 39.2 Å². The molecule has 0 aliphatic carbocycles. The molecule has 3 N–H and O–H groups in total. The molecule has 0 bridgehead atoms. The monoisotopic (exact) mass is 412 g/mol. The van der Waals surface area contributed by atoms with Gasteiger partial charge in [-0.2, -0.15) is 0 Å². The van der Waals surface area contributed by atoms with Gasteiger partial charge in [0.25, 0.3) is 5.91 Å². The van der Waals surface area contributed by atoms with Crippen molar-refractivity contribution in [2.24, 2.45) is 4.99 Å². The second-order valence-corrected chi connectivity index (χ2v) is 6.66. The standard InChI is InChI=1S/C23H32N4O3/c1-5-7-14-25-22(28)18-10-8-17(9-11-18)16-26-23(24-3)27-19-12-13-20(29-4)21(15-19)30-6-2/h8-13,15H,5-7,14,16H2,1-4H3,(H,25,28)(H2,24,26,27). The van der Waals surface area contributed by atoms with E-state index in [9.17, 15) is 4.79 Å². The van der Waals surface area contributed by atoms with Crippen molar-refractivity contribution in [1.82, 2.24) is 10.6 Å². The molecule has 30 heavy (non-hydrogen) atoms. The van der Waals surface area contributed by atoms with Crippen LogP contribution in [0.3, 0.4) is 0 Å². The van der Waals surface area contributed by atoms with E-state index < -0.39 is 0 Å². The number of hydrogen-bond acceptors (Lipinski definition) is 4. The molecule has 0 fully saturated rings. The van der Waals surface area contributed by atoms with Gasteiger partial charge in [-0.1, -0.05) is 25.5 Å². The molecular formula is C23H32N4O3. The molecular weight excluding hydrogens is 380 g/mol. The van der Waals surface area contributed by atoms with Crippen LogP contribution in [0.2, 0.25) is 0 Å². The van der Waals surface area contributed by atoms with Gasteiger partial charge in [0.1, 0.15) is 0 Å². The zero-order valence-electron chi connectivity index (χ0n) is 18.2. The summed E-state index contributed by atoms with van der Waals surface area (Å²) in [4.78, 5) is 16.4. The first-order valence-electron chi connectivity index (χ1n) is 10.3. The number of anilines is 1. The van der Waals surface area contributed by atoms with Crippen molar-refractivity contribution in [2.75, 3.05) is 32.6 Å². The van der Waals surface area contributed by atoms with Gasteiger partial charge in [0.2, 0.25) is 0 Å². The highest BCUT2D eigenvalue weighted by Gasteiger charge is 2.08. The first kappa shape index (κ1) is 23.1. The average Bonchev–Trinajstić information content (AvgIpc) is 2.77. The lowest BCUT2D eigenvalue weighted by Crippen LogP contribution is -2.30. The maximum atomic E-state index is 12.1. The van der Waals surface area contributed by atoms with Crippen LogP contribution in [0.1, 0.15) is 42.6 Å². The van der Waals surface area contributed by atoms with E-state index in [1.165, 1.54) is 0 Å². The van der Waals surface area contributed by atoms with Crippen molar-refractivity contribution in [3.8, 4) is 11.5 Å². The minimum Gasteiger partial charge on any atom is -0.493 e. The van der Waals surface area contributed by atoms with E-state index in [-0.39, 0.29) is 5.91 Å². The third-order valence-corrected chi connectivity index (χ3v) is 4.44. The van der Waals surface area contributed by atoms with Crippen LogP contribution in [0.4, 0.5) is 5.69 Å². The highest BCUT2D eigenvalue weighted by molar-refractivity contribution is 5.94. The summed E-state index contributed by atoms with van der Waals surface area (Å²) in [6, 6.07) is 13.2. The Morgan fingerprint density at radius 2 is 1.80 bits per heavy atom. The summed E-state index contributed by atoms with van der Waals surface area (Å²) in [7, 11) is 3.33. The molecule has 0 saturated carbocycles. The van der Waals surface area contributed by atoms with Gasteiger partial charge in [0, 0.05) is 37.5 Å². The Morgan fingerprint density at radius 1 is 1.03 bits per heavy atom. The summed E-state index contributed by atoms with van der Waals surface area (Å²) >= 11 is 0. The topological polar surface area (TPSA) is 84.0 Å². The van der Waals surface area contributed by atoms with E-state index in [1.54, 1.807) is 14.2 Å². The number of guanidine groups is 1. The smallest absolute Gasteiger partial charge is 0.251 e. The first-order valence-corrected chi connectivity index (χ1v) is 10.3. The van der Waals surface area contributed by atoms with Crippen molar-refractivity contribution >= 4 is 17.6 Å². The highest BCUT2D eigenvalue weighted by Crippen LogP contribution is 2.30. The fraction of sp³-hybridized carbons (Fsp3) is 0.391. The van der Waals surface area contributed by atoms with Crippen molar-refractivity contribution < 1.29 is 14.3 Å². The normalized spacial score (nSPS) is 11.0. The zero-order valence-corrected chi connectivity index (χ0v) is 18.2. The number of methoxy groups -OCH3 is 1. The van der Waals surface area contributed by atoms with Crippen LogP contribution in [0.15, 0.2) is 47.5 Å². The number of unbranched alkanes of at least 4 members (excludes halogenated alkanes) is 1. The Hall–Kier alpha value is -3.22. The summed E-state index contributed by atoms with van der Waals surface area (Å²) in [5.74, 6) is 1.95. The van der Waals surface area contributed by atoms with Crippen LogP contribution >= 0.6 is 0 Å². The summed E-state index contributed by atoms with van der Waals surface area (Å²) in [5, 5.41) is 9.44. The lowest BCUT2D eigenvalue weighted by atomic mass is 10.1. The molecule has 0 radical (unpaired) electrons. The van der Waals surface area contributed by atoms with E-state index in [2.05, 4.69) is 27.9 Å². The molecule has 0 aliphatic rings. The van der Waals surface area contributed by atoms with Crippen LogP contribution < -0.4 is 25.4 Å². The molecule has 2 aromatic carbocycles. The molecule has 0 aliphatic heterocycles. The SMILES string of the molecule is CCCCNC(=O)c1ccc(CNC(=NC)Nc2ccc(OC)c(OCC)c2)cc1. The lowest BCUT2D eigenvalue weighted by molar-refractivity contribution is 0.0953. The van der Waals surface area contributed by atoms with Crippen LogP contribution in [0.25, 0.3) is 0 Å². The fourth-order valence-corrected chi connectivity index (χ4v) is 2.78. The summed E-state index contributed by atoms with van der Waals surface area (Å²) in [5.41, 5.74) is 2.55. The van der Waals surface area contributed by atoms with E-state index in [0.717, 1.165) is 24.1 Å². The second kappa shape index (κ2) is 12.4. The van der Waals surface area contributed by atoms with E-state index in [4.69, 9.17) is 9.47 Å². The number of aliphatic imine (C=N–C) groups is 1. The lowest BCUT2D eigenvalue weighted by Gasteiger charge is -2.15. The minimum atomic E-state index is -0.0370. The summed E-state index contributed by atoms with van der Waals surface area (Å²) in [6.07, 6.45) is 2.05. The molecule has 0 spiro atoms. The average molecular weight is 413 g/mol. The molecule has 2 rings (SSSR count). The minimum absolute atomic E-state index is 0.0370. The second-order valence-electron chi connectivity index (χ2n) is 6.66. The number of rotatable bonds is 10. The van der Waals surface area contributed by atoms with E-state index >= 15 is 0 Å². The molecule has 7 nitrogen and oxygen atoms in total. The van der Waals surface area contributed by atoms with Crippen LogP contribution in [0, 0.1) is 0 Å². The predicted molar refractivity (Wildman–Crippen MR) is 122 cm³/mol. The number of benzene rings is 2. The molecule has 0 aromatic heterocycles. The molecule has 0 heterocycles. The Labute approximate surface area is 178 Å². The summed E-state index contributed by atoms with van der Waals surface area (Å²) < 4.78 is 10.9. The molecule has 1 amide bonds. The fourth-order valence-electron chi connectivity index (χ4n) is 2.78. The van der Waals surface area contributed by atoms with Crippen molar-refractivity contribution in [1.29, 1.82) is 0 Å². The Morgan fingerprint density at radius 3 is 2.43 bits per heavy atom. The van der Waals surface area contributed by atoms with Gasteiger partial charge in [-0.05, 0) is 43.2 Å². The first-order chi connectivity index (χ1) is 14.6. The van der Waals surface area contributed by atoms with Gasteiger partial charge in [-0.15, -0.1) is 0 Å². The number of hydrogen-bond donors (Lipinski definition) is 3. The molecule has 162 valence electrons. The number of ether oxygens (including phenoxy) is 2. The van der Waals surface area contributed by atoms with Crippen molar-refractivity contribution in [2.45, 2.75) is 33.2 Å². The molecule has 0 saturated heterocycles. The largest absolute Gasteiger partial charge is 0.493 e. The van der Waals surface area contributed by atoms with Crippen LogP contribution in [0.5, 0.6) is 11.5 Å². The Kier molecular flexibility index (Phi) is 9.51. The number of nitrogens with one attached hydrogen (secondary N) is 3. The van der Waals surface area contributed by atoms with Gasteiger partial charge in [-0.3, -0.25) is 9.79 Å². The van der Waals surface area contributed by atoms with Gasteiger partial charge in [0.05, 0.1) is 13.7 Å².